The quantitative estimate of drug-likeness (QED) is 0.769. The molecule has 7 heteroatoms. The summed E-state index contributed by atoms with van der Waals surface area (Å²) in [5.74, 6) is 1.07. The lowest BCUT2D eigenvalue weighted by atomic mass is 10.2. The minimum Gasteiger partial charge on any atom is -0.504 e. The highest BCUT2D eigenvalue weighted by Crippen LogP contribution is 2.32. The molecule has 23 heavy (non-hydrogen) atoms. The van der Waals surface area contributed by atoms with Gasteiger partial charge >= 0.3 is 0 Å². The largest absolute Gasteiger partial charge is 0.504 e. The van der Waals surface area contributed by atoms with Crippen molar-refractivity contribution >= 4 is 11.6 Å². The lowest BCUT2D eigenvalue weighted by Crippen LogP contribution is -2.22. The Hall–Kier alpha value is -3.22. The van der Waals surface area contributed by atoms with Crippen LogP contribution in [0.2, 0.25) is 0 Å². The smallest absolute Gasteiger partial charge is 0.251 e. The van der Waals surface area contributed by atoms with Gasteiger partial charge < -0.3 is 24.3 Å². The number of fused-ring (bicyclic) bond motifs is 2. The average molecular weight is 311 g/mol. The summed E-state index contributed by atoms with van der Waals surface area (Å²) in [6.45, 7) is 0.430. The Morgan fingerprint density at radius 3 is 3.04 bits per heavy atom. The van der Waals surface area contributed by atoms with Crippen LogP contribution in [0.5, 0.6) is 17.2 Å². The molecular formula is C16H13N3O4. The fraction of sp³-hybridized carbons (Fsp3) is 0.125. The number of nitrogens with one attached hydrogen (secondary N) is 1. The van der Waals surface area contributed by atoms with Crippen molar-refractivity contribution < 1.29 is 19.4 Å². The molecule has 0 radical (unpaired) electrons. The van der Waals surface area contributed by atoms with Crippen molar-refractivity contribution in [1.82, 2.24) is 14.7 Å². The first-order chi connectivity index (χ1) is 11.2. The van der Waals surface area contributed by atoms with Crippen LogP contribution in [0.25, 0.3) is 5.65 Å². The van der Waals surface area contributed by atoms with Gasteiger partial charge in [0.2, 0.25) is 6.79 Å². The summed E-state index contributed by atoms with van der Waals surface area (Å²) in [6.07, 6.45) is 3.54. The first-order valence-electron chi connectivity index (χ1n) is 7.04. The van der Waals surface area contributed by atoms with E-state index in [1.54, 1.807) is 47.1 Å². The van der Waals surface area contributed by atoms with Crippen molar-refractivity contribution in [2.45, 2.75) is 6.54 Å². The van der Waals surface area contributed by atoms with E-state index in [9.17, 15) is 9.90 Å². The van der Waals surface area contributed by atoms with Gasteiger partial charge in [-0.05, 0) is 30.3 Å². The summed E-state index contributed by atoms with van der Waals surface area (Å²) in [5.41, 5.74) is 1.60. The number of hydrogen-bond donors (Lipinski definition) is 2. The van der Waals surface area contributed by atoms with Gasteiger partial charge in [0.05, 0.1) is 12.2 Å². The van der Waals surface area contributed by atoms with Crippen LogP contribution >= 0.6 is 0 Å². The molecule has 116 valence electrons. The number of imidazole rings is 1. The van der Waals surface area contributed by atoms with Crippen LogP contribution in [0.3, 0.4) is 0 Å². The highest BCUT2D eigenvalue weighted by atomic mass is 16.7. The van der Waals surface area contributed by atoms with Crippen LogP contribution in [0, 0.1) is 0 Å². The molecule has 1 aliphatic rings. The zero-order valence-electron chi connectivity index (χ0n) is 12.0. The maximum atomic E-state index is 12.2. The third kappa shape index (κ3) is 2.42. The highest BCUT2D eigenvalue weighted by Gasteiger charge is 2.16. The molecule has 2 aromatic heterocycles. The number of rotatable bonds is 3. The van der Waals surface area contributed by atoms with Gasteiger partial charge in [-0.3, -0.25) is 4.79 Å². The Morgan fingerprint density at radius 2 is 2.17 bits per heavy atom. The van der Waals surface area contributed by atoms with E-state index in [0.717, 1.165) is 0 Å². The standard InChI is InChI=1S/C16H13N3O4/c20-12-2-1-5-19-8-11(18-15(12)19)7-17-16(21)10-3-4-13-14(6-10)23-9-22-13/h1-6,8,20H,7,9H2,(H,17,21). The molecule has 0 saturated carbocycles. The molecule has 0 saturated heterocycles. The molecule has 0 unspecified atom stereocenters. The van der Waals surface area contributed by atoms with Crippen molar-refractivity contribution in [3.63, 3.8) is 0 Å². The maximum Gasteiger partial charge on any atom is 0.251 e. The summed E-state index contributed by atoms with van der Waals surface area (Å²) in [7, 11) is 0. The second kappa shape index (κ2) is 5.20. The third-order valence-electron chi connectivity index (χ3n) is 3.58. The normalized spacial score (nSPS) is 12.5. The summed E-state index contributed by atoms with van der Waals surface area (Å²) >= 11 is 0. The molecule has 2 N–H and O–H groups in total. The topological polar surface area (TPSA) is 85.1 Å². The van der Waals surface area contributed by atoms with E-state index < -0.39 is 0 Å². The molecule has 0 fully saturated rings. The Bertz CT molecular complexity index is 903. The maximum absolute atomic E-state index is 12.2. The number of carbonyl (C=O) groups excluding carboxylic acids is 1. The highest BCUT2D eigenvalue weighted by molar-refractivity contribution is 5.94. The molecule has 7 nitrogen and oxygen atoms in total. The minimum atomic E-state index is -0.232. The van der Waals surface area contributed by atoms with Crippen LogP contribution < -0.4 is 14.8 Å². The fourth-order valence-electron chi connectivity index (χ4n) is 2.44. The molecular weight excluding hydrogens is 298 g/mol. The molecule has 0 aliphatic carbocycles. The van der Waals surface area contributed by atoms with Crippen LogP contribution in [0.4, 0.5) is 0 Å². The number of aromatic nitrogens is 2. The molecule has 3 aromatic rings. The molecule has 1 aromatic carbocycles. The number of benzene rings is 1. The number of pyridine rings is 1. The van der Waals surface area contributed by atoms with Gasteiger partial charge in [0.25, 0.3) is 5.91 Å². The first-order valence-corrected chi connectivity index (χ1v) is 7.04. The SMILES string of the molecule is O=C(NCc1cn2cccc(O)c2n1)c1ccc2c(c1)OCO2. The number of aromatic hydroxyl groups is 1. The Kier molecular flexibility index (Phi) is 3.04. The number of amides is 1. The zero-order valence-corrected chi connectivity index (χ0v) is 12.0. The Labute approximate surface area is 131 Å². The average Bonchev–Trinajstić information content (AvgIpc) is 3.18. The van der Waals surface area contributed by atoms with Gasteiger partial charge in [0.15, 0.2) is 22.9 Å². The second-order valence-corrected chi connectivity index (χ2v) is 5.11. The molecule has 0 bridgehead atoms. The summed E-state index contributed by atoms with van der Waals surface area (Å²) in [5, 5.41) is 12.5. The van der Waals surface area contributed by atoms with E-state index in [0.29, 0.717) is 28.4 Å². The summed E-state index contributed by atoms with van der Waals surface area (Å²) < 4.78 is 12.2. The van der Waals surface area contributed by atoms with E-state index in [4.69, 9.17) is 9.47 Å². The molecule has 0 spiro atoms. The lowest BCUT2D eigenvalue weighted by Gasteiger charge is -2.04. The van der Waals surface area contributed by atoms with Crippen molar-refractivity contribution in [3.05, 3.63) is 54.0 Å². The van der Waals surface area contributed by atoms with E-state index in [1.165, 1.54) is 0 Å². The third-order valence-corrected chi connectivity index (χ3v) is 3.58. The van der Waals surface area contributed by atoms with Crippen molar-refractivity contribution in [2.24, 2.45) is 0 Å². The van der Waals surface area contributed by atoms with Crippen LogP contribution in [0.15, 0.2) is 42.7 Å². The van der Waals surface area contributed by atoms with Crippen LogP contribution in [-0.2, 0) is 6.54 Å². The number of nitrogens with zero attached hydrogens (tertiary/aromatic N) is 2. The van der Waals surface area contributed by atoms with Crippen molar-refractivity contribution in [1.29, 1.82) is 0 Å². The number of carbonyl (C=O) groups is 1. The minimum absolute atomic E-state index is 0.0980. The van der Waals surface area contributed by atoms with Crippen LogP contribution in [-0.4, -0.2) is 27.2 Å². The van der Waals surface area contributed by atoms with Gasteiger partial charge in [-0.1, -0.05) is 0 Å². The molecule has 3 heterocycles. The van der Waals surface area contributed by atoms with E-state index >= 15 is 0 Å². The summed E-state index contributed by atoms with van der Waals surface area (Å²) in [6, 6.07) is 8.32. The van der Waals surface area contributed by atoms with Crippen molar-refractivity contribution in [3.8, 4) is 17.2 Å². The number of ether oxygens (including phenoxy) is 2. The first kappa shape index (κ1) is 13.4. The Balaban J connectivity index is 1.49. The summed E-state index contributed by atoms with van der Waals surface area (Å²) in [4.78, 5) is 16.5. The zero-order chi connectivity index (χ0) is 15.8. The van der Waals surface area contributed by atoms with Crippen LogP contribution in [0.1, 0.15) is 16.1 Å². The molecule has 0 atom stereocenters. The molecule has 4 rings (SSSR count). The molecule has 1 aliphatic heterocycles. The number of hydrogen-bond acceptors (Lipinski definition) is 5. The van der Waals surface area contributed by atoms with Gasteiger partial charge in [-0.25, -0.2) is 4.98 Å². The van der Waals surface area contributed by atoms with E-state index in [-0.39, 0.29) is 25.0 Å². The lowest BCUT2D eigenvalue weighted by molar-refractivity contribution is 0.0950. The monoisotopic (exact) mass is 311 g/mol. The van der Waals surface area contributed by atoms with Crippen molar-refractivity contribution in [2.75, 3.05) is 6.79 Å². The van der Waals surface area contributed by atoms with Gasteiger partial charge in [0, 0.05) is 18.0 Å². The van der Waals surface area contributed by atoms with Gasteiger partial charge in [0.1, 0.15) is 0 Å². The van der Waals surface area contributed by atoms with Gasteiger partial charge in [-0.2, -0.15) is 0 Å². The van der Waals surface area contributed by atoms with E-state index in [1.807, 2.05) is 0 Å². The predicted molar refractivity (Wildman–Crippen MR) is 80.6 cm³/mol. The fourth-order valence-corrected chi connectivity index (χ4v) is 2.44. The molecule has 1 amide bonds. The van der Waals surface area contributed by atoms with E-state index in [2.05, 4.69) is 10.3 Å². The second-order valence-electron chi connectivity index (χ2n) is 5.11. The predicted octanol–water partition coefficient (Wildman–Crippen LogP) is 1.70. The van der Waals surface area contributed by atoms with Gasteiger partial charge in [-0.15, -0.1) is 0 Å². The Morgan fingerprint density at radius 1 is 1.30 bits per heavy atom.